The maximum atomic E-state index is 14.4. The van der Waals surface area contributed by atoms with E-state index in [1.165, 1.54) is 60.5 Å². The van der Waals surface area contributed by atoms with E-state index in [-0.39, 0.29) is 52.6 Å². The van der Waals surface area contributed by atoms with E-state index in [9.17, 15) is 31.1 Å². The molecule has 0 fully saturated rings. The van der Waals surface area contributed by atoms with Crippen molar-refractivity contribution >= 4 is 43.2 Å². The minimum Gasteiger partial charge on any atom is -0.490 e. The molecule has 0 saturated carbocycles. The predicted octanol–water partition coefficient (Wildman–Crippen LogP) is 5.40. The minimum absolute atomic E-state index is 0.0185. The van der Waals surface area contributed by atoms with Gasteiger partial charge >= 0.3 is 0 Å². The van der Waals surface area contributed by atoms with Crippen LogP contribution in [0.5, 0.6) is 5.75 Å². The highest BCUT2D eigenvalue weighted by atomic mass is 35.5. The highest BCUT2D eigenvalue weighted by Crippen LogP contribution is 2.30. The Balaban J connectivity index is 1.67. The molecule has 0 aromatic heterocycles. The molecule has 4 rings (SSSR count). The Morgan fingerprint density at radius 3 is 2.33 bits per heavy atom. The predicted molar refractivity (Wildman–Crippen MR) is 185 cm³/mol. The van der Waals surface area contributed by atoms with Gasteiger partial charge in [0.05, 0.1) is 40.2 Å². The first-order valence-electron chi connectivity index (χ1n) is 16.0. The van der Waals surface area contributed by atoms with Crippen LogP contribution in [-0.2, 0) is 24.8 Å². The van der Waals surface area contributed by atoms with Crippen LogP contribution in [0.1, 0.15) is 50.4 Å². The molecule has 0 spiro atoms. The normalized spacial score (nSPS) is 20.6. The number of ether oxygens (including phenoxy) is 2. The zero-order valence-electron chi connectivity index (χ0n) is 27.9. The molecule has 1 amide bonds. The van der Waals surface area contributed by atoms with Crippen LogP contribution in [0.15, 0.2) is 76.5 Å². The Morgan fingerprint density at radius 1 is 1.02 bits per heavy atom. The molecule has 268 valence electrons. The molecule has 49 heavy (non-hydrogen) atoms. The molecule has 0 radical (unpaired) electrons. The molecule has 1 aliphatic rings. The molecule has 0 unspecified atom stereocenters. The van der Waals surface area contributed by atoms with E-state index in [0.29, 0.717) is 24.5 Å². The second-order valence-corrected chi connectivity index (χ2v) is 16.5. The summed E-state index contributed by atoms with van der Waals surface area (Å²) >= 11 is 5.93. The summed E-state index contributed by atoms with van der Waals surface area (Å²) in [5.74, 6) is -1.25. The van der Waals surface area contributed by atoms with Crippen LogP contribution < -0.4 is 9.46 Å². The van der Waals surface area contributed by atoms with Crippen LogP contribution in [0.4, 0.5) is 10.1 Å². The topological polar surface area (TPSA) is 143 Å². The standard InChI is InChI=1S/C34H43ClFN3O8S2/c1-23-20-39(24(2)22-40)34(41)31-19-28(37-48(42,43)29-13-8-26(35)9-14-29)12-17-32(31)47-25(3)7-5-6-18-46-33(23)21-38(4)49(44,45)30-15-10-27(36)11-16-30/h8-17,19,23-25,33,37,40H,5-7,18,20-22H2,1-4H3/t23-,24-,25+,33-/m0/s1. The minimum atomic E-state index is -4.03. The molecule has 3 aromatic rings. The molecule has 1 heterocycles. The zero-order chi connectivity index (χ0) is 35.9. The number of nitrogens with one attached hydrogen (secondary N) is 1. The first-order valence-corrected chi connectivity index (χ1v) is 19.3. The zero-order valence-corrected chi connectivity index (χ0v) is 30.3. The molecule has 0 bridgehead atoms. The van der Waals surface area contributed by atoms with Crippen molar-refractivity contribution in [2.24, 2.45) is 5.92 Å². The van der Waals surface area contributed by atoms with Gasteiger partial charge in [0.15, 0.2) is 0 Å². The number of anilines is 1. The van der Waals surface area contributed by atoms with Crippen molar-refractivity contribution in [1.82, 2.24) is 9.21 Å². The van der Waals surface area contributed by atoms with Gasteiger partial charge in [-0.1, -0.05) is 18.5 Å². The van der Waals surface area contributed by atoms with Crippen LogP contribution in [-0.4, -0.2) is 88.7 Å². The third kappa shape index (κ3) is 9.92. The fraction of sp³-hybridized carbons (Fsp3) is 0.441. The van der Waals surface area contributed by atoms with Crippen molar-refractivity contribution in [3.8, 4) is 5.75 Å². The van der Waals surface area contributed by atoms with Gasteiger partial charge in [0.1, 0.15) is 11.6 Å². The lowest BCUT2D eigenvalue weighted by molar-refractivity contribution is -0.00834. The van der Waals surface area contributed by atoms with Gasteiger partial charge in [-0.05, 0) is 99.8 Å². The Morgan fingerprint density at radius 2 is 1.67 bits per heavy atom. The Hall–Kier alpha value is -3.27. The largest absolute Gasteiger partial charge is 0.490 e. The van der Waals surface area contributed by atoms with E-state index in [1.807, 2.05) is 13.8 Å². The number of sulfonamides is 2. The number of aliphatic hydroxyl groups is 1. The lowest BCUT2D eigenvalue weighted by atomic mass is 10.0. The molecule has 1 aliphatic heterocycles. The molecule has 3 aromatic carbocycles. The van der Waals surface area contributed by atoms with Crippen molar-refractivity contribution in [3.05, 3.63) is 83.1 Å². The second-order valence-electron chi connectivity index (χ2n) is 12.3. The SMILES string of the molecule is C[C@@H]1CCCCO[C@@H](CN(C)S(=O)(=O)c2ccc(F)cc2)[C@@H](C)CN([C@@H](C)CO)C(=O)c2cc(NS(=O)(=O)c3ccc(Cl)cc3)ccc2O1. The molecule has 0 saturated heterocycles. The summed E-state index contributed by atoms with van der Waals surface area (Å²) in [7, 11) is -6.60. The van der Waals surface area contributed by atoms with Gasteiger partial charge in [0.25, 0.3) is 15.9 Å². The number of carbonyl (C=O) groups excluding carboxylic acids is 1. The number of aliphatic hydroxyl groups excluding tert-OH is 1. The van der Waals surface area contributed by atoms with Crippen molar-refractivity contribution in [2.75, 3.05) is 38.1 Å². The molecular formula is C34H43ClFN3O8S2. The maximum absolute atomic E-state index is 14.4. The Kier molecular flexibility index (Phi) is 13.1. The number of hydrogen-bond donors (Lipinski definition) is 2. The van der Waals surface area contributed by atoms with E-state index in [2.05, 4.69) is 4.72 Å². The number of hydrogen-bond acceptors (Lipinski definition) is 8. The molecular weight excluding hydrogens is 697 g/mol. The van der Waals surface area contributed by atoms with Crippen molar-refractivity contribution in [2.45, 2.75) is 68.1 Å². The number of amides is 1. The van der Waals surface area contributed by atoms with Crippen molar-refractivity contribution < 1.29 is 40.6 Å². The monoisotopic (exact) mass is 739 g/mol. The van der Waals surface area contributed by atoms with E-state index in [1.54, 1.807) is 13.0 Å². The van der Waals surface area contributed by atoms with E-state index in [4.69, 9.17) is 21.1 Å². The highest BCUT2D eigenvalue weighted by molar-refractivity contribution is 7.92. The summed E-state index contributed by atoms with van der Waals surface area (Å²) < 4.78 is 82.7. The summed E-state index contributed by atoms with van der Waals surface area (Å²) in [6, 6.07) is 14.0. The Bertz CT molecular complexity index is 1790. The summed E-state index contributed by atoms with van der Waals surface area (Å²) in [6.45, 7) is 5.34. The molecule has 15 heteroatoms. The van der Waals surface area contributed by atoms with Crippen molar-refractivity contribution in [3.63, 3.8) is 0 Å². The molecule has 0 aliphatic carbocycles. The number of nitrogens with zero attached hydrogens (tertiary/aromatic N) is 2. The van der Waals surface area contributed by atoms with Gasteiger partial charge in [0.2, 0.25) is 10.0 Å². The number of halogens is 2. The number of likely N-dealkylation sites (N-methyl/N-ethyl adjacent to an activating group) is 1. The van der Waals surface area contributed by atoms with Crippen LogP contribution in [0.3, 0.4) is 0 Å². The van der Waals surface area contributed by atoms with Crippen LogP contribution >= 0.6 is 11.6 Å². The smallest absolute Gasteiger partial charge is 0.261 e. The van der Waals surface area contributed by atoms with Crippen molar-refractivity contribution in [1.29, 1.82) is 0 Å². The van der Waals surface area contributed by atoms with Gasteiger partial charge in [-0.3, -0.25) is 9.52 Å². The van der Waals surface area contributed by atoms with Crippen LogP contribution in [0.2, 0.25) is 5.02 Å². The Labute approximate surface area is 293 Å². The van der Waals surface area contributed by atoms with E-state index < -0.39 is 49.8 Å². The third-order valence-electron chi connectivity index (χ3n) is 8.39. The number of fused-ring (bicyclic) bond motifs is 1. The summed E-state index contributed by atoms with van der Waals surface area (Å²) in [4.78, 5) is 15.7. The average Bonchev–Trinajstić information content (AvgIpc) is 3.06. The molecule has 11 nitrogen and oxygen atoms in total. The van der Waals surface area contributed by atoms with Gasteiger partial charge < -0.3 is 19.5 Å². The van der Waals surface area contributed by atoms with Gasteiger partial charge in [-0.15, -0.1) is 0 Å². The lowest BCUT2D eigenvalue weighted by Crippen LogP contribution is -2.48. The summed E-state index contributed by atoms with van der Waals surface area (Å²) in [5.41, 5.74) is 0.207. The number of carbonyl (C=O) groups is 1. The van der Waals surface area contributed by atoms with E-state index in [0.717, 1.165) is 22.9 Å². The van der Waals surface area contributed by atoms with Gasteiger partial charge in [0, 0.05) is 43.4 Å². The van der Waals surface area contributed by atoms with Crippen LogP contribution in [0, 0.1) is 11.7 Å². The lowest BCUT2D eigenvalue weighted by Gasteiger charge is -2.35. The molecule has 2 N–H and O–H groups in total. The fourth-order valence-corrected chi connectivity index (χ4v) is 7.77. The van der Waals surface area contributed by atoms with E-state index >= 15 is 0 Å². The van der Waals surface area contributed by atoms with Gasteiger partial charge in [-0.2, -0.15) is 4.31 Å². The quantitative estimate of drug-likeness (QED) is 0.297. The molecule has 4 atom stereocenters. The second kappa shape index (κ2) is 16.6. The fourth-order valence-electron chi connectivity index (χ4n) is 5.41. The summed E-state index contributed by atoms with van der Waals surface area (Å²) in [5, 5.41) is 10.6. The number of benzene rings is 3. The summed E-state index contributed by atoms with van der Waals surface area (Å²) in [6.07, 6.45) is 1.05. The first-order chi connectivity index (χ1) is 23.1. The van der Waals surface area contributed by atoms with Crippen LogP contribution in [0.25, 0.3) is 0 Å². The third-order valence-corrected chi connectivity index (χ3v) is 11.9. The average molecular weight is 740 g/mol. The van der Waals surface area contributed by atoms with Gasteiger partial charge in [-0.25, -0.2) is 21.2 Å². The maximum Gasteiger partial charge on any atom is 0.261 e. The number of rotatable bonds is 9. The first kappa shape index (κ1) is 38.5. The highest BCUT2D eigenvalue weighted by Gasteiger charge is 2.32.